The van der Waals surface area contributed by atoms with E-state index in [0.29, 0.717) is 18.4 Å². The third-order valence-corrected chi connectivity index (χ3v) is 7.86. The van der Waals surface area contributed by atoms with Crippen molar-refractivity contribution in [1.29, 1.82) is 0 Å². The summed E-state index contributed by atoms with van der Waals surface area (Å²) < 4.78 is 23.6. The highest BCUT2D eigenvalue weighted by atomic mass is 16.7. The van der Waals surface area contributed by atoms with E-state index in [9.17, 15) is 14.4 Å². The number of ether oxygens (including phenoxy) is 4. The van der Waals surface area contributed by atoms with Crippen molar-refractivity contribution in [2.45, 2.75) is 89.3 Å². The molecule has 3 aliphatic carbocycles. The summed E-state index contributed by atoms with van der Waals surface area (Å²) in [5.74, 6) is -2.71. The van der Waals surface area contributed by atoms with Gasteiger partial charge in [0.2, 0.25) is 5.79 Å². The molecule has 0 aromatic carbocycles. The predicted molar refractivity (Wildman–Crippen MR) is 111 cm³/mol. The van der Waals surface area contributed by atoms with E-state index < -0.39 is 23.3 Å². The third kappa shape index (κ3) is 3.84. The Bertz CT molecular complexity index is 791. The number of hydrogen-bond donors (Lipinski definition) is 0. The van der Waals surface area contributed by atoms with Crippen LogP contribution in [0.2, 0.25) is 0 Å². The largest absolute Gasteiger partial charge is 0.453 e. The molecule has 3 saturated carbocycles. The number of fused-ring (bicyclic) bond motifs is 3. The van der Waals surface area contributed by atoms with Gasteiger partial charge >= 0.3 is 11.9 Å². The number of carbonyl (C=O) groups excluding carboxylic acids is 3. The molecule has 1 aliphatic heterocycles. The van der Waals surface area contributed by atoms with E-state index in [-0.39, 0.29) is 41.7 Å². The zero-order valence-electron chi connectivity index (χ0n) is 19.0. The van der Waals surface area contributed by atoms with Gasteiger partial charge in [0.1, 0.15) is 17.5 Å². The Labute approximate surface area is 183 Å². The van der Waals surface area contributed by atoms with Gasteiger partial charge in [-0.25, -0.2) is 4.79 Å². The van der Waals surface area contributed by atoms with Crippen LogP contribution in [-0.2, 0) is 33.3 Å². The third-order valence-electron chi connectivity index (χ3n) is 7.86. The molecule has 4 rings (SSSR count). The molecular weight excluding hydrogens is 400 g/mol. The van der Waals surface area contributed by atoms with E-state index in [0.717, 1.165) is 32.1 Å². The first-order valence-corrected chi connectivity index (χ1v) is 11.4. The summed E-state index contributed by atoms with van der Waals surface area (Å²) in [5, 5.41) is 0. The molecule has 4 aliphatic rings. The van der Waals surface area contributed by atoms with Crippen LogP contribution in [0, 0.1) is 23.7 Å². The van der Waals surface area contributed by atoms with Crippen LogP contribution in [0.25, 0.3) is 0 Å². The summed E-state index contributed by atoms with van der Waals surface area (Å²) >= 11 is 0. The van der Waals surface area contributed by atoms with Gasteiger partial charge in [-0.1, -0.05) is 13.0 Å². The summed E-state index contributed by atoms with van der Waals surface area (Å²) in [4.78, 5) is 38.1. The summed E-state index contributed by atoms with van der Waals surface area (Å²) in [6, 6.07) is 0. The minimum atomic E-state index is -1.19. The van der Waals surface area contributed by atoms with Gasteiger partial charge in [0, 0.05) is 25.5 Å². The van der Waals surface area contributed by atoms with Crippen molar-refractivity contribution in [3.63, 3.8) is 0 Å². The van der Waals surface area contributed by atoms with Crippen molar-refractivity contribution < 1.29 is 33.3 Å². The minimum absolute atomic E-state index is 0.00854. The number of hydrogen-bond acceptors (Lipinski definition) is 7. The van der Waals surface area contributed by atoms with Gasteiger partial charge in [0.05, 0.1) is 18.4 Å². The molecule has 7 nitrogen and oxygen atoms in total. The Morgan fingerprint density at radius 2 is 1.81 bits per heavy atom. The van der Waals surface area contributed by atoms with E-state index in [4.69, 9.17) is 18.9 Å². The second-order valence-corrected chi connectivity index (χ2v) is 10.2. The second kappa shape index (κ2) is 8.00. The number of Topliss-reactive ketones (excluding diaryl/α,β-unsaturated/α-hetero) is 1. The second-order valence-electron chi connectivity index (χ2n) is 10.2. The normalized spacial score (nSPS) is 43.4. The molecule has 0 spiro atoms. The number of rotatable bonds is 6. The zero-order chi connectivity index (χ0) is 22.6. The fourth-order valence-corrected chi connectivity index (χ4v) is 6.66. The summed E-state index contributed by atoms with van der Waals surface area (Å²) in [6.45, 7) is 8.60. The average molecular weight is 435 g/mol. The fourth-order valence-electron chi connectivity index (χ4n) is 6.66. The molecule has 7 heteroatoms. The molecule has 31 heavy (non-hydrogen) atoms. The quantitative estimate of drug-likeness (QED) is 0.468. The molecule has 0 N–H and O–H groups in total. The van der Waals surface area contributed by atoms with Crippen LogP contribution >= 0.6 is 0 Å². The van der Waals surface area contributed by atoms with Gasteiger partial charge < -0.3 is 18.9 Å². The molecule has 0 aromatic rings. The molecule has 1 saturated heterocycles. The Balaban J connectivity index is 1.51. The number of methoxy groups -OCH3 is 1. The Morgan fingerprint density at radius 1 is 1.06 bits per heavy atom. The number of ketones is 1. The monoisotopic (exact) mass is 434 g/mol. The van der Waals surface area contributed by atoms with Crippen LogP contribution in [-0.4, -0.2) is 48.4 Å². The van der Waals surface area contributed by atoms with Crippen LogP contribution < -0.4 is 0 Å². The lowest BCUT2D eigenvalue weighted by molar-refractivity contribution is -0.225. The molecule has 1 heterocycles. The van der Waals surface area contributed by atoms with E-state index >= 15 is 0 Å². The first-order chi connectivity index (χ1) is 14.6. The van der Waals surface area contributed by atoms with Gasteiger partial charge in [-0.15, -0.1) is 0 Å². The maximum absolute atomic E-state index is 13.3. The zero-order valence-corrected chi connectivity index (χ0v) is 19.0. The van der Waals surface area contributed by atoms with Crippen molar-refractivity contribution in [2.75, 3.05) is 7.11 Å². The van der Waals surface area contributed by atoms with Crippen molar-refractivity contribution in [1.82, 2.24) is 0 Å². The molecule has 4 fully saturated rings. The SMILES string of the molecule is C=C(C)C(=O)OC12CCCCC1OC(C)(OC(=O)C1C3CC(OC)C(C3)C1C(C)=O)C2. The highest BCUT2D eigenvalue weighted by Crippen LogP contribution is 2.55. The lowest BCUT2D eigenvalue weighted by Gasteiger charge is -2.36. The molecule has 0 radical (unpaired) electrons. The van der Waals surface area contributed by atoms with Gasteiger partial charge in [-0.3, -0.25) is 9.59 Å². The molecule has 8 unspecified atom stereocenters. The Morgan fingerprint density at radius 3 is 2.45 bits per heavy atom. The standard InChI is InChI=1S/C24H34O7/c1-13(2)21(26)31-24-9-7-6-8-18(24)29-23(4,12-24)30-22(27)20-15-10-16(17(11-15)28-5)19(20)14(3)25/h15-20H,1,6-12H2,2-5H3. The summed E-state index contributed by atoms with van der Waals surface area (Å²) in [7, 11) is 1.66. The van der Waals surface area contributed by atoms with Gasteiger partial charge in [0.25, 0.3) is 0 Å². The van der Waals surface area contributed by atoms with Crippen LogP contribution in [0.5, 0.6) is 0 Å². The van der Waals surface area contributed by atoms with Crippen LogP contribution in [0.3, 0.4) is 0 Å². The molecule has 0 amide bonds. The van der Waals surface area contributed by atoms with Gasteiger partial charge in [-0.05, 0) is 57.8 Å². The van der Waals surface area contributed by atoms with Gasteiger partial charge in [-0.2, -0.15) is 0 Å². The van der Waals surface area contributed by atoms with Crippen molar-refractivity contribution >= 4 is 17.7 Å². The topological polar surface area (TPSA) is 88.1 Å². The predicted octanol–water partition coefficient (Wildman–Crippen LogP) is 3.34. The maximum atomic E-state index is 13.3. The minimum Gasteiger partial charge on any atom is -0.453 e. The highest BCUT2D eigenvalue weighted by Gasteiger charge is 2.62. The van der Waals surface area contributed by atoms with Crippen molar-refractivity contribution in [2.24, 2.45) is 23.7 Å². The average Bonchev–Trinajstić information content (AvgIpc) is 3.35. The maximum Gasteiger partial charge on any atom is 0.333 e. The lowest BCUT2D eigenvalue weighted by atomic mass is 9.76. The number of esters is 2. The lowest BCUT2D eigenvalue weighted by Crippen LogP contribution is -2.46. The number of carbonyl (C=O) groups is 3. The van der Waals surface area contributed by atoms with Crippen molar-refractivity contribution in [3.05, 3.63) is 12.2 Å². The van der Waals surface area contributed by atoms with Crippen LogP contribution in [0.15, 0.2) is 12.2 Å². The first kappa shape index (κ1) is 22.5. The summed E-state index contributed by atoms with van der Waals surface area (Å²) in [6.07, 6.45) is 4.89. The van der Waals surface area contributed by atoms with E-state index in [2.05, 4.69) is 6.58 Å². The Kier molecular flexibility index (Phi) is 5.80. The van der Waals surface area contributed by atoms with Gasteiger partial charge in [0.15, 0.2) is 0 Å². The molecule has 0 aromatic heterocycles. The Hall–Kier alpha value is -1.73. The molecule has 2 bridgehead atoms. The van der Waals surface area contributed by atoms with Crippen LogP contribution in [0.4, 0.5) is 0 Å². The summed E-state index contributed by atoms with van der Waals surface area (Å²) in [5.41, 5.74) is -0.470. The van der Waals surface area contributed by atoms with Crippen molar-refractivity contribution in [3.8, 4) is 0 Å². The molecular formula is C24H34O7. The van der Waals surface area contributed by atoms with E-state index in [1.807, 2.05) is 0 Å². The molecule has 8 atom stereocenters. The molecule has 172 valence electrons. The smallest absolute Gasteiger partial charge is 0.333 e. The highest BCUT2D eigenvalue weighted by molar-refractivity contribution is 5.88. The first-order valence-electron chi connectivity index (χ1n) is 11.4. The van der Waals surface area contributed by atoms with E-state index in [1.54, 1.807) is 27.9 Å². The van der Waals surface area contributed by atoms with E-state index in [1.165, 1.54) is 0 Å². The fraction of sp³-hybridized carbons (Fsp3) is 0.792. The van der Waals surface area contributed by atoms with Crippen LogP contribution in [0.1, 0.15) is 65.7 Å².